The Hall–Kier alpha value is -1.72. The van der Waals surface area contributed by atoms with Crippen LogP contribution >= 0.6 is 0 Å². The molecule has 1 aromatic rings. The lowest BCUT2D eigenvalue weighted by molar-refractivity contribution is -0.136. The van der Waals surface area contributed by atoms with E-state index in [1.807, 2.05) is 20.8 Å². The highest BCUT2D eigenvalue weighted by Crippen LogP contribution is 2.35. The SMILES string of the molecule is CCC(NC(=O)c1ccc(NC)c(C(F)(F)F)c1)C(C)C. The van der Waals surface area contributed by atoms with Gasteiger partial charge in [-0.2, -0.15) is 13.2 Å². The molecule has 2 N–H and O–H groups in total. The second kappa shape index (κ2) is 6.83. The Labute approximate surface area is 122 Å². The summed E-state index contributed by atoms with van der Waals surface area (Å²) in [5.74, 6) is -0.263. The van der Waals surface area contributed by atoms with Gasteiger partial charge < -0.3 is 10.6 Å². The largest absolute Gasteiger partial charge is 0.418 e. The molecule has 1 amide bonds. The fourth-order valence-corrected chi connectivity index (χ4v) is 2.13. The molecular formula is C15H21F3N2O. The minimum atomic E-state index is -4.50. The van der Waals surface area contributed by atoms with Crippen molar-refractivity contribution in [2.24, 2.45) is 5.92 Å². The van der Waals surface area contributed by atoms with Gasteiger partial charge in [-0.05, 0) is 30.5 Å². The number of carbonyl (C=O) groups excluding carboxylic acids is 1. The van der Waals surface area contributed by atoms with Crippen LogP contribution in [0.2, 0.25) is 0 Å². The lowest BCUT2D eigenvalue weighted by Gasteiger charge is -2.21. The van der Waals surface area contributed by atoms with Gasteiger partial charge in [0.15, 0.2) is 0 Å². The van der Waals surface area contributed by atoms with E-state index >= 15 is 0 Å². The summed E-state index contributed by atoms with van der Waals surface area (Å²) in [6.07, 6.45) is -3.78. The van der Waals surface area contributed by atoms with E-state index in [4.69, 9.17) is 0 Å². The molecule has 0 bridgehead atoms. The molecule has 0 saturated heterocycles. The topological polar surface area (TPSA) is 41.1 Å². The Bertz CT molecular complexity index is 498. The first-order valence-corrected chi connectivity index (χ1v) is 6.90. The number of rotatable bonds is 5. The number of nitrogens with one attached hydrogen (secondary N) is 2. The van der Waals surface area contributed by atoms with Crippen molar-refractivity contribution in [1.29, 1.82) is 0 Å². The van der Waals surface area contributed by atoms with Crippen molar-refractivity contribution in [3.63, 3.8) is 0 Å². The van der Waals surface area contributed by atoms with Gasteiger partial charge in [0, 0.05) is 24.3 Å². The second-order valence-corrected chi connectivity index (χ2v) is 5.24. The zero-order chi connectivity index (χ0) is 16.2. The molecule has 0 fully saturated rings. The molecule has 0 aromatic heterocycles. The summed E-state index contributed by atoms with van der Waals surface area (Å²) in [6.45, 7) is 5.84. The van der Waals surface area contributed by atoms with E-state index < -0.39 is 17.6 Å². The minimum absolute atomic E-state index is 0.0143. The smallest absolute Gasteiger partial charge is 0.388 e. The molecule has 0 aliphatic heterocycles. The van der Waals surface area contributed by atoms with Crippen LogP contribution in [0.1, 0.15) is 43.1 Å². The van der Waals surface area contributed by atoms with Gasteiger partial charge in [0.25, 0.3) is 5.91 Å². The standard InChI is InChI=1S/C15H21F3N2O/c1-5-12(9(2)3)20-14(21)10-6-7-13(19-4)11(8-10)15(16,17)18/h6-9,12,19H,5H2,1-4H3,(H,20,21). The van der Waals surface area contributed by atoms with Crippen LogP contribution in [-0.2, 0) is 6.18 Å². The van der Waals surface area contributed by atoms with Gasteiger partial charge in [0.05, 0.1) is 5.56 Å². The summed E-state index contributed by atoms with van der Waals surface area (Å²) in [7, 11) is 1.41. The number of hydrogen-bond donors (Lipinski definition) is 2. The maximum absolute atomic E-state index is 13.0. The Balaban J connectivity index is 3.06. The van der Waals surface area contributed by atoms with E-state index in [-0.39, 0.29) is 23.2 Å². The zero-order valence-corrected chi connectivity index (χ0v) is 12.6. The molecule has 0 saturated carbocycles. The highest BCUT2D eigenvalue weighted by molar-refractivity contribution is 5.95. The van der Waals surface area contributed by atoms with Crippen LogP contribution in [0, 0.1) is 5.92 Å². The highest BCUT2D eigenvalue weighted by Gasteiger charge is 2.34. The van der Waals surface area contributed by atoms with Crippen LogP contribution in [0.15, 0.2) is 18.2 Å². The van der Waals surface area contributed by atoms with Gasteiger partial charge in [-0.15, -0.1) is 0 Å². The molecule has 0 aliphatic rings. The predicted octanol–water partition coefficient (Wildman–Crippen LogP) is 3.91. The average Bonchev–Trinajstić information content (AvgIpc) is 2.42. The molecule has 1 aromatic carbocycles. The zero-order valence-electron chi connectivity index (χ0n) is 12.6. The number of amides is 1. The Morgan fingerprint density at radius 1 is 1.29 bits per heavy atom. The Kier molecular flexibility index (Phi) is 5.63. The fourth-order valence-electron chi connectivity index (χ4n) is 2.13. The molecule has 118 valence electrons. The van der Waals surface area contributed by atoms with E-state index in [0.717, 1.165) is 12.5 Å². The minimum Gasteiger partial charge on any atom is -0.388 e. The van der Waals surface area contributed by atoms with E-state index in [1.54, 1.807) is 0 Å². The third-order valence-corrected chi connectivity index (χ3v) is 3.42. The molecule has 21 heavy (non-hydrogen) atoms. The molecule has 6 heteroatoms. The summed E-state index contributed by atoms with van der Waals surface area (Å²) >= 11 is 0. The van der Waals surface area contributed by atoms with Crippen LogP contribution in [0.4, 0.5) is 18.9 Å². The number of carbonyl (C=O) groups is 1. The van der Waals surface area contributed by atoms with E-state index in [9.17, 15) is 18.0 Å². The fraction of sp³-hybridized carbons (Fsp3) is 0.533. The summed E-state index contributed by atoms with van der Waals surface area (Å²) in [4.78, 5) is 12.1. The van der Waals surface area contributed by atoms with Crippen molar-refractivity contribution in [2.75, 3.05) is 12.4 Å². The molecule has 1 rings (SSSR count). The van der Waals surface area contributed by atoms with Gasteiger partial charge in [-0.3, -0.25) is 4.79 Å². The van der Waals surface area contributed by atoms with Crippen molar-refractivity contribution in [2.45, 2.75) is 39.4 Å². The number of hydrogen-bond acceptors (Lipinski definition) is 2. The van der Waals surface area contributed by atoms with Crippen molar-refractivity contribution in [3.8, 4) is 0 Å². The first kappa shape index (κ1) is 17.3. The molecule has 0 heterocycles. The van der Waals surface area contributed by atoms with Crippen LogP contribution < -0.4 is 10.6 Å². The number of halogens is 3. The Morgan fingerprint density at radius 3 is 2.33 bits per heavy atom. The molecule has 3 nitrogen and oxygen atoms in total. The number of benzene rings is 1. The normalized spacial score (nSPS) is 13.1. The summed E-state index contributed by atoms with van der Waals surface area (Å²) in [5.41, 5.74) is -0.870. The lowest BCUT2D eigenvalue weighted by atomic mass is 10.0. The summed E-state index contributed by atoms with van der Waals surface area (Å²) in [6, 6.07) is 3.49. The molecule has 1 unspecified atom stereocenters. The molecule has 0 radical (unpaired) electrons. The first-order valence-electron chi connectivity index (χ1n) is 6.90. The van der Waals surface area contributed by atoms with E-state index in [1.165, 1.54) is 19.2 Å². The molecule has 1 atom stereocenters. The summed E-state index contributed by atoms with van der Waals surface area (Å²) < 4.78 is 38.9. The third-order valence-electron chi connectivity index (χ3n) is 3.42. The monoisotopic (exact) mass is 302 g/mol. The first-order chi connectivity index (χ1) is 9.70. The summed E-state index contributed by atoms with van der Waals surface area (Å²) in [5, 5.41) is 5.26. The predicted molar refractivity (Wildman–Crippen MR) is 77.4 cm³/mol. The van der Waals surface area contributed by atoms with Crippen molar-refractivity contribution in [3.05, 3.63) is 29.3 Å². The highest BCUT2D eigenvalue weighted by atomic mass is 19.4. The second-order valence-electron chi connectivity index (χ2n) is 5.24. The Morgan fingerprint density at radius 2 is 1.90 bits per heavy atom. The van der Waals surface area contributed by atoms with Crippen LogP contribution in [-0.4, -0.2) is 19.0 Å². The van der Waals surface area contributed by atoms with Crippen LogP contribution in [0.5, 0.6) is 0 Å². The number of anilines is 1. The molecular weight excluding hydrogens is 281 g/mol. The average molecular weight is 302 g/mol. The van der Waals surface area contributed by atoms with Crippen molar-refractivity contribution in [1.82, 2.24) is 5.32 Å². The van der Waals surface area contributed by atoms with Crippen LogP contribution in [0.25, 0.3) is 0 Å². The maximum Gasteiger partial charge on any atom is 0.418 e. The van der Waals surface area contributed by atoms with Crippen molar-refractivity contribution >= 4 is 11.6 Å². The maximum atomic E-state index is 13.0. The molecule has 0 spiro atoms. The van der Waals surface area contributed by atoms with Crippen molar-refractivity contribution < 1.29 is 18.0 Å². The quantitative estimate of drug-likeness (QED) is 0.866. The van der Waals surface area contributed by atoms with Gasteiger partial charge in [-0.25, -0.2) is 0 Å². The van der Waals surface area contributed by atoms with Crippen LogP contribution in [0.3, 0.4) is 0 Å². The molecule has 0 aliphatic carbocycles. The van der Waals surface area contributed by atoms with E-state index in [0.29, 0.717) is 0 Å². The van der Waals surface area contributed by atoms with E-state index in [2.05, 4.69) is 10.6 Å². The van der Waals surface area contributed by atoms with Gasteiger partial charge >= 0.3 is 6.18 Å². The third kappa shape index (κ3) is 4.37. The number of alkyl halides is 3. The van der Waals surface area contributed by atoms with Gasteiger partial charge in [0.1, 0.15) is 0 Å². The van der Waals surface area contributed by atoms with Gasteiger partial charge in [-0.1, -0.05) is 20.8 Å². The van der Waals surface area contributed by atoms with Gasteiger partial charge in [0.2, 0.25) is 0 Å². The lowest BCUT2D eigenvalue weighted by Crippen LogP contribution is -2.38.